The molecule has 3 saturated carbocycles. The van der Waals surface area contributed by atoms with E-state index in [4.69, 9.17) is 32.7 Å². The van der Waals surface area contributed by atoms with Crippen molar-refractivity contribution in [2.24, 2.45) is 28.6 Å². The van der Waals surface area contributed by atoms with Gasteiger partial charge in [0.25, 0.3) is 0 Å². The Bertz CT molecular complexity index is 965. The Labute approximate surface area is 202 Å². The van der Waals surface area contributed by atoms with E-state index >= 15 is 4.39 Å². The molecule has 0 aliphatic heterocycles. The van der Waals surface area contributed by atoms with Gasteiger partial charge in [0.2, 0.25) is 10.4 Å². The van der Waals surface area contributed by atoms with E-state index in [0.717, 1.165) is 0 Å². The first-order valence-electron chi connectivity index (χ1n) is 11.2. The average Bonchev–Trinajstić information content (AvgIpc) is 2.96. The van der Waals surface area contributed by atoms with E-state index in [0.29, 0.717) is 24.8 Å². The number of ether oxygens (including phenoxy) is 2. The van der Waals surface area contributed by atoms with Crippen molar-refractivity contribution in [1.29, 1.82) is 0 Å². The minimum Gasteiger partial charge on any atom is -0.466 e. The van der Waals surface area contributed by atoms with Crippen LogP contribution >= 0.6 is 23.2 Å². The van der Waals surface area contributed by atoms with Gasteiger partial charge in [0.1, 0.15) is 0 Å². The second-order valence-corrected chi connectivity index (χ2v) is 11.4. The Morgan fingerprint density at radius 1 is 1.27 bits per heavy atom. The summed E-state index contributed by atoms with van der Waals surface area (Å²) < 4.78 is 28.0. The topological polar surface area (TPSA) is 89.9 Å². The smallest absolute Gasteiger partial charge is 0.351 e. The SMILES string of the molecule is COC(=O)[C@]1(OC(=O)C(Cl)Cl)[C@@H](C)C[C@H]2[C@@H]3CCC4=CC(=O)C=C[C@]4(C)[C@@]3(F)[C@@H](O)C[C@@]21C. The van der Waals surface area contributed by atoms with E-state index in [9.17, 15) is 19.5 Å². The first-order valence-corrected chi connectivity index (χ1v) is 12.1. The number of methoxy groups -OCH3 is 1. The van der Waals surface area contributed by atoms with Crippen LogP contribution in [0.4, 0.5) is 4.39 Å². The molecular formula is C24H29Cl2FO6. The number of aliphatic hydroxyl groups excluding tert-OH is 1. The van der Waals surface area contributed by atoms with Gasteiger partial charge in [-0.2, -0.15) is 0 Å². The first kappa shape index (κ1) is 24.7. The molecule has 6 nitrogen and oxygen atoms in total. The summed E-state index contributed by atoms with van der Waals surface area (Å²) in [6.07, 6.45) is 4.04. The zero-order chi connectivity index (χ0) is 24.6. The molecule has 4 aliphatic rings. The molecule has 1 N–H and O–H groups in total. The molecule has 8 atom stereocenters. The number of hydrogen-bond acceptors (Lipinski definition) is 6. The van der Waals surface area contributed by atoms with Crippen LogP contribution in [0.3, 0.4) is 0 Å². The van der Waals surface area contributed by atoms with Crippen LogP contribution in [-0.2, 0) is 23.9 Å². The van der Waals surface area contributed by atoms with E-state index in [1.54, 1.807) is 26.8 Å². The van der Waals surface area contributed by atoms with E-state index in [-0.39, 0.29) is 12.2 Å². The summed E-state index contributed by atoms with van der Waals surface area (Å²) in [7, 11) is 1.20. The quantitative estimate of drug-likeness (QED) is 0.465. The van der Waals surface area contributed by atoms with Gasteiger partial charge in [0.15, 0.2) is 11.5 Å². The summed E-state index contributed by atoms with van der Waals surface area (Å²) in [6, 6.07) is 0. The molecule has 9 heteroatoms. The molecule has 4 rings (SSSR count). The molecule has 0 unspecified atom stereocenters. The summed E-state index contributed by atoms with van der Waals surface area (Å²) in [5, 5.41) is 11.4. The van der Waals surface area contributed by atoms with Crippen molar-refractivity contribution in [3.8, 4) is 0 Å². The third-order valence-electron chi connectivity index (χ3n) is 9.11. The van der Waals surface area contributed by atoms with Gasteiger partial charge in [-0.15, -0.1) is 0 Å². The van der Waals surface area contributed by atoms with Crippen molar-refractivity contribution in [2.45, 2.75) is 68.7 Å². The maximum absolute atomic E-state index is 17.2. The van der Waals surface area contributed by atoms with Gasteiger partial charge in [0.05, 0.1) is 13.2 Å². The zero-order valence-electron chi connectivity index (χ0n) is 19.1. The van der Waals surface area contributed by atoms with E-state index in [1.165, 1.54) is 19.3 Å². The molecule has 0 aromatic carbocycles. The van der Waals surface area contributed by atoms with Gasteiger partial charge in [-0.05, 0) is 50.7 Å². The van der Waals surface area contributed by atoms with Crippen molar-refractivity contribution in [2.75, 3.05) is 7.11 Å². The molecule has 0 aromatic heterocycles. The fourth-order valence-electron chi connectivity index (χ4n) is 7.58. The highest BCUT2D eigenvalue weighted by Gasteiger charge is 2.78. The summed E-state index contributed by atoms with van der Waals surface area (Å²) >= 11 is 11.5. The van der Waals surface area contributed by atoms with Crippen LogP contribution in [0.2, 0.25) is 0 Å². The summed E-state index contributed by atoms with van der Waals surface area (Å²) in [5.41, 5.74) is -5.44. The Kier molecular flexibility index (Phi) is 5.82. The molecule has 0 aromatic rings. The normalized spacial score (nSPS) is 46.2. The second-order valence-electron chi connectivity index (χ2n) is 10.4. The largest absolute Gasteiger partial charge is 0.466 e. The number of aliphatic hydroxyl groups is 1. The Hall–Kier alpha value is -1.44. The van der Waals surface area contributed by atoms with Crippen LogP contribution in [-0.4, -0.2) is 52.1 Å². The number of halogens is 3. The van der Waals surface area contributed by atoms with Gasteiger partial charge in [-0.25, -0.2) is 14.0 Å². The predicted octanol–water partition coefficient (Wildman–Crippen LogP) is 3.86. The molecule has 4 aliphatic carbocycles. The molecule has 182 valence electrons. The molecule has 0 saturated heterocycles. The maximum atomic E-state index is 17.2. The number of hydrogen-bond donors (Lipinski definition) is 1. The summed E-state index contributed by atoms with van der Waals surface area (Å²) in [5.74, 6) is -3.52. The Balaban J connectivity index is 1.85. The number of carbonyl (C=O) groups excluding carboxylic acids is 3. The van der Waals surface area contributed by atoms with Crippen LogP contribution in [0.1, 0.15) is 46.5 Å². The van der Waals surface area contributed by atoms with Crippen LogP contribution < -0.4 is 0 Å². The van der Waals surface area contributed by atoms with Crippen LogP contribution in [0, 0.1) is 28.6 Å². The van der Waals surface area contributed by atoms with E-state index < -0.39 is 62.7 Å². The van der Waals surface area contributed by atoms with Crippen LogP contribution in [0.25, 0.3) is 0 Å². The number of allylic oxidation sites excluding steroid dienone is 4. The number of alkyl halides is 3. The van der Waals surface area contributed by atoms with E-state index in [2.05, 4.69) is 0 Å². The monoisotopic (exact) mass is 502 g/mol. The van der Waals surface area contributed by atoms with Crippen molar-refractivity contribution < 1.29 is 33.4 Å². The van der Waals surface area contributed by atoms with Crippen molar-refractivity contribution in [3.05, 3.63) is 23.8 Å². The number of rotatable bonds is 3. The van der Waals surface area contributed by atoms with Gasteiger partial charge >= 0.3 is 11.9 Å². The molecule has 0 radical (unpaired) electrons. The van der Waals surface area contributed by atoms with Crippen LogP contribution in [0.5, 0.6) is 0 Å². The van der Waals surface area contributed by atoms with Crippen molar-refractivity contribution >= 4 is 40.9 Å². The lowest BCUT2D eigenvalue weighted by molar-refractivity contribution is -0.235. The van der Waals surface area contributed by atoms with Gasteiger partial charge in [-0.1, -0.05) is 48.7 Å². The van der Waals surface area contributed by atoms with Crippen molar-refractivity contribution in [3.63, 3.8) is 0 Å². The highest BCUT2D eigenvalue weighted by atomic mass is 35.5. The summed E-state index contributed by atoms with van der Waals surface area (Å²) in [6.45, 7) is 5.23. The molecule has 33 heavy (non-hydrogen) atoms. The standard InChI is InChI=1S/C24H29Cl2FO6/c1-12-9-16-15-6-5-13-10-14(28)7-8-21(13,2)23(15,27)17(29)11-22(16,3)24(12,20(31)32-4)33-19(30)18(25)26/h7-8,10,12,15-18,29H,5-6,9,11H2,1-4H3/t12-,15-,16-,17-,21-,22-,23-,24+/m0/s1. The summed E-state index contributed by atoms with van der Waals surface area (Å²) in [4.78, 5) is 36.2. The lowest BCUT2D eigenvalue weighted by atomic mass is 9.44. The van der Waals surface area contributed by atoms with Crippen LogP contribution in [0.15, 0.2) is 23.8 Å². The molecule has 0 amide bonds. The third kappa shape index (κ3) is 2.97. The predicted molar refractivity (Wildman–Crippen MR) is 119 cm³/mol. The Morgan fingerprint density at radius 2 is 1.94 bits per heavy atom. The highest BCUT2D eigenvalue weighted by Crippen LogP contribution is 2.71. The number of ketones is 1. The van der Waals surface area contributed by atoms with E-state index in [1.807, 2.05) is 0 Å². The number of esters is 2. The fourth-order valence-corrected chi connectivity index (χ4v) is 7.67. The molecule has 0 heterocycles. The van der Waals surface area contributed by atoms with Gasteiger partial charge in [-0.3, -0.25) is 4.79 Å². The average molecular weight is 503 g/mol. The zero-order valence-corrected chi connectivity index (χ0v) is 20.6. The highest BCUT2D eigenvalue weighted by molar-refractivity contribution is 6.53. The maximum Gasteiger partial charge on any atom is 0.351 e. The second kappa shape index (κ2) is 7.79. The molecular weight excluding hydrogens is 474 g/mol. The lowest BCUT2D eigenvalue weighted by Gasteiger charge is -2.62. The fraction of sp³-hybridized carbons (Fsp3) is 0.708. The lowest BCUT2D eigenvalue weighted by Crippen LogP contribution is -2.70. The minimum atomic E-state index is -2.06. The third-order valence-corrected chi connectivity index (χ3v) is 9.47. The number of fused-ring (bicyclic) bond motifs is 5. The van der Waals surface area contributed by atoms with Gasteiger partial charge in [0, 0.05) is 22.7 Å². The van der Waals surface area contributed by atoms with Crippen molar-refractivity contribution in [1.82, 2.24) is 0 Å². The molecule has 3 fully saturated rings. The first-order chi connectivity index (χ1) is 15.3. The minimum absolute atomic E-state index is 0.142. The Morgan fingerprint density at radius 3 is 2.55 bits per heavy atom. The molecule has 0 bridgehead atoms. The van der Waals surface area contributed by atoms with Gasteiger partial charge < -0.3 is 14.6 Å². The molecule has 0 spiro atoms. The number of carbonyl (C=O) groups is 3.